The van der Waals surface area contributed by atoms with Crippen LogP contribution < -0.4 is 5.32 Å². The van der Waals surface area contributed by atoms with Crippen LogP contribution in [0.1, 0.15) is 72.8 Å². The number of hydrogen-bond acceptors (Lipinski definition) is 3. The minimum atomic E-state index is -0.120. The Bertz CT molecular complexity index is 606. The maximum absolute atomic E-state index is 12.1. The van der Waals surface area contributed by atoms with Crippen molar-refractivity contribution in [3.63, 3.8) is 0 Å². The third-order valence-corrected chi connectivity index (χ3v) is 6.80. The fourth-order valence-corrected chi connectivity index (χ4v) is 4.41. The average Bonchev–Trinajstić information content (AvgIpc) is 2.69. The van der Waals surface area contributed by atoms with E-state index in [1.165, 1.54) is 5.56 Å². The summed E-state index contributed by atoms with van der Waals surface area (Å²) in [7, 11) is 0. The summed E-state index contributed by atoms with van der Waals surface area (Å²) in [5.41, 5.74) is 1.08. The van der Waals surface area contributed by atoms with Gasteiger partial charge in [0, 0.05) is 23.5 Å². The van der Waals surface area contributed by atoms with Gasteiger partial charge < -0.3 is 5.32 Å². The van der Waals surface area contributed by atoms with Gasteiger partial charge in [-0.25, -0.2) is 0 Å². The van der Waals surface area contributed by atoms with Crippen molar-refractivity contribution in [1.82, 2.24) is 10.4 Å². The van der Waals surface area contributed by atoms with Gasteiger partial charge in [0.05, 0.1) is 6.61 Å². The smallest absolute Gasteiger partial charge is 0.219 e. The van der Waals surface area contributed by atoms with Gasteiger partial charge in [-0.3, -0.25) is 9.63 Å². The lowest BCUT2D eigenvalue weighted by Gasteiger charge is -2.59. The molecule has 1 fully saturated rings. The van der Waals surface area contributed by atoms with Gasteiger partial charge in [0.25, 0.3) is 0 Å². The first-order chi connectivity index (χ1) is 12.8. The first-order valence-corrected chi connectivity index (χ1v) is 10.6. The molecule has 1 aromatic carbocycles. The van der Waals surface area contributed by atoms with Gasteiger partial charge in [-0.1, -0.05) is 58.0 Å². The molecule has 0 aromatic heterocycles. The summed E-state index contributed by atoms with van der Waals surface area (Å²) in [6, 6.07) is 10.7. The molecule has 1 aliphatic heterocycles. The molecule has 1 heterocycles. The van der Waals surface area contributed by atoms with Crippen LogP contribution in [0.4, 0.5) is 0 Å². The molecule has 4 nitrogen and oxygen atoms in total. The van der Waals surface area contributed by atoms with Crippen molar-refractivity contribution in [2.45, 2.75) is 90.8 Å². The number of rotatable bonds is 8. The predicted octanol–water partition coefficient (Wildman–Crippen LogP) is 4.73. The lowest BCUT2D eigenvalue weighted by Crippen LogP contribution is -2.69. The number of carbonyl (C=O) groups excluding carboxylic acids is 1. The van der Waals surface area contributed by atoms with Gasteiger partial charge in [-0.05, 0) is 51.0 Å². The molecule has 1 amide bonds. The Hall–Kier alpha value is -1.39. The number of benzene rings is 1. The van der Waals surface area contributed by atoms with Gasteiger partial charge >= 0.3 is 0 Å². The van der Waals surface area contributed by atoms with Crippen molar-refractivity contribution in [1.29, 1.82) is 0 Å². The summed E-state index contributed by atoms with van der Waals surface area (Å²) in [5, 5.41) is 5.56. The van der Waals surface area contributed by atoms with E-state index in [4.69, 9.17) is 4.84 Å². The lowest BCUT2D eigenvalue weighted by atomic mass is 9.68. The van der Waals surface area contributed by atoms with Crippen molar-refractivity contribution in [2.75, 3.05) is 6.61 Å². The number of nitrogens with one attached hydrogen (secondary N) is 1. The molecule has 1 aliphatic rings. The highest BCUT2D eigenvalue weighted by atomic mass is 16.7. The quantitative estimate of drug-likeness (QED) is 0.715. The minimum absolute atomic E-state index is 0.0976. The molecule has 2 rings (SSSR count). The van der Waals surface area contributed by atoms with Crippen molar-refractivity contribution in [3.8, 4) is 0 Å². The zero-order chi connectivity index (χ0) is 20.1. The van der Waals surface area contributed by atoms with E-state index in [0.29, 0.717) is 18.9 Å². The van der Waals surface area contributed by atoms with Crippen molar-refractivity contribution in [2.24, 2.45) is 5.92 Å². The maximum atomic E-state index is 12.1. The van der Waals surface area contributed by atoms with Gasteiger partial charge in [-0.2, -0.15) is 5.06 Å². The molecule has 0 spiro atoms. The van der Waals surface area contributed by atoms with Crippen LogP contribution in [0.3, 0.4) is 0 Å². The van der Waals surface area contributed by atoms with E-state index in [9.17, 15) is 4.79 Å². The molecule has 4 atom stereocenters. The highest BCUT2D eigenvalue weighted by Crippen LogP contribution is 2.45. The number of piperidine rings is 1. The monoisotopic (exact) mass is 374 g/mol. The number of nitrogens with zero attached hydrogens (tertiary/aromatic N) is 1. The molecular weight excluding hydrogens is 336 g/mol. The Morgan fingerprint density at radius 3 is 2.41 bits per heavy atom. The molecule has 0 saturated carbocycles. The normalized spacial score (nSPS) is 31.6. The molecule has 1 saturated heterocycles. The zero-order valence-electron chi connectivity index (χ0n) is 18.0. The summed E-state index contributed by atoms with van der Waals surface area (Å²) in [5.74, 6) is 0.455. The fraction of sp³-hybridized carbons (Fsp3) is 0.696. The Balaban J connectivity index is 2.18. The van der Waals surface area contributed by atoms with E-state index in [2.05, 4.69) is 69.3 Å². The molecule has 0 aliphatic carbocycles. The van der Waals surface area contributed by atoms with Crippen molar-refractivity contribution >= 4 is 5.91 Å². The standard InChI is InChI=1S/C23H38N2O2/c1-7-21(26)24-20-17-22(5,8-2)25(23(6,9-3)18(20)4)27-16-15-19-13-11-10-12-14-19/h10-14,18,20H,7-9,15-17H2,1-6H3,(H,24,26). The van der Waals surface area contributed by atoms with E-state index >= 15 is 0 Å². The summed E-state index contributed by atoms with van der Waals surface area (Å²) in [4.78, 5) is 18.5. The van der Waals surface area contributed by atoms with E-state index in [-0.39, 0.29) is 23.0 Å². The first-order valence-electron chi connectivity index (χ1n) is 10.6. The molecule has 1 aromatic rings. The summed E-state index contributed by atoms with van der Waals surface area (Å²) in [6.07, 6.45) is 4.32. The summed E-state index contributed by atoms with van der Waals surface area (Å²) >= 11 is 0. The number of hydrogen-bond donors (Lipinski definition) is 1. The van der Waals surface area contributed by atoms with Crippen LogP contribution in [0.25, 0.3) is 0 Å². The van der Waals surface area contributed by atoms with E-state index < -0.39 is 0 Å². The second-order valence-electron chi connectivity index (χ2n) is 8.44. The molecule has 4 unspecified atom stereocenters. The van der Waals surface area contributed by atoms with Gasteiger partial charge in [-0.15, -0.1) is 0 Å². The largest absolute Gasteiger partial charge is 0.353 e. The predicted molar refractivity (Wildman–Crippen MR) is 111 cm³/mol. The Kier molecular flexibility index (Phi) is 7.47. The number of amides is 1. The lowest BCUT2D eigenvalue weighted by molar-refractivity contribution is -0.306. The third-order valence-electron chi connectivity index (χ3n) is 6.80. The molecule has 152 valence electrons. The van der Waals surface area contributed by atoms with Crippen LogP contribution in [0, 0.1) is 5.92 Å². The third kappa shape index (κ3) is 4.72. The van der Waals surface area contributed by atoms with Crippen LogP contribution in [0.15, 0.2) is 30.3 Å². The highest BCUT2D eigenvalue weighted by molar-refractivity contribution is 5.75. The molecule has 0 bridgehead atoms. The maximum Gasteiger partial charge on any atom is 0.219 e. The Morgan fingerprint density at radius 1 is 1.19 bits per heavy atom. The van der Waals surface area contributed by atoms with Gasteiger partial charge in [0.1, 0.15) is 0 Å². The van der Waals surface area contributed by atoms with Crippen LogP contribution in [0.2, 0.25) is 0 Å². The van der Waals surface area contributed by atoms with Crippen LogP contribution in [-0.2, 0) is 16.1 Å². The van der Waals surface area contributed by atoms with Crippen LogP contribution in [0.5, 0.6) is 0 Å². The number of carbonyl (C=O) groups is 1. The first kappa shape index (κ1) is 21.9. The number of hydroxylamine groups is 2. The van der Waals surface area contributed by atoms with Crippen molar-refractivity contribution in [3.05, 3.63) is 35.9 Å². The topological polar surface area (TPSA) is 41.6 Å². The summed E-state index contributed by atoms with van der Waals surface area (Å²) < 4.78 is 0. The molecule has 1 N–H and O–H groups in total. The van der Waals surface area contributed by atoms with Gasteiger partial charge in [0.15, 0.2) is 0 Å². The Morgan fingerprint density at radius 2 is 1.85 bits per heavy atom. The molecule has 27 heavy (non-hydrogen) atoms. The minimum Gasteiger partial charge on any atom is -0.353 e. The van der Waals surface area contributed by atoms with Crippen LogP contribution >= 0.6 is 0 Å². The van der Waals surface area contributed by atoms with E-state index in [1.54, 1.807) is 0 Å². The second-order valence-corrected chi connectivity index (χ2v) is 8.44. The highest BCUT2D eigenvalue weighted by Gasteiger charge is 2.54. The molecular formula is C23H38N2O2. The van der Waals surface area contributed by atoms with Gasteiger partial charge in [0.2, 0.25) is 5.91 Å². The zero-order valence-corrected chi connectivity index (χ0v) is 18.0. The summed E-state index contributed by atoms with van der Waals surface area (Å²) in [6.45, 7) is 13.9. The van der Waals surface area contributed by atoms with Crippen LogP contribution in [-0.4, -0.2) is 34.7 Å². The molecule has 4 heteroatoms. The molecule has 0 radical (unpaired) electrons. The second kappa shape index (κ2) is 9.20. The van der Waals surface area contributed by atoms with E-state index in [0.717, 1.165) is 25.7 Å². The Labute approximate surface area is 165 Å². The average molecular weight is 375 g/mol. The van der Waals surface area contributed by atoms with E-state index in [1.807, 2.05) is 13.0 Å². The fourth-order valence-electron chi connectivity index (χ4n) is 4.41. The SMILES string of the molecule is CCC(=O)NC1CC(C)(CC)N(OCCc2ccccc2)C(C)(CC)C1C. The van der Waals surface area contributed by atoms with Crippen molar-refractivity contribution < 1.29 is 9.63 Å².